The van der Waals surface area contributed by atoms with Gasteiger partial charge >= 0.3 is 0 Å². The number of hydrogen-bond acceptors (Lipinski definition) is 3. The Morgan fingerprint density at radius 3 is 2.43 bits per heavy atom. The molecule has 0 bridgehead atoms. The second-order valence-corrected chi connectivity index (χ2v) is 7.14. The summed E-state index contributed by atoms with van der Waals surface area (Å²) in [5, 5.41) is 4.02. The van der Waals surface area contributed by atoms with Crippen LogP contribution in [-0.2, 0) is 19.6 Å². The molecule has 0 saturated carbocycles. The Labute approximate surface area is 172 Å². The Morgan fingerprint density at radius 1 is 0.929 bits per heavy atom. The van der Waals surface area contributed by atoms with Gasteiger partial charge in [-0.1, -0.05) is 66.2 Å². The molecular formula is C24H26ClNO2. The summed E-state index contributed by atoms with van der Waals surface area (Å²) in [7, 11) is 1.64. The van der Waals surface area contributed by atoms with Crippen LogP contribution in [0.25, 0.3) is 0 Å². The van der Waals surface area contributed by atoms with Crippen LogP contribution >= 0.6 is 11.6 Å². The third kappa shape index (κ3) is 5.51. The third-order valence-electron chi connectivity index (χ3n) is 4.68. The van der Waals surface area contributed by atoms with Crippen molar-refractivity contribution in [2.24, 2.45) is 0 Å². The SMILES string of the molecule is COc1cc(CNCCc2ccccc2)cc(Cl)c1OCc1ccccc1C. The second kappa shape index (κ2) is 10.2. The number of aryl methyl sites for hydroxylation is 1. The number of benzene rings is 3. The molecule has 146 valence electrons. The molecule has 0 unspecified atom stereocenters. The number of ether oxygens (including phenoxy) is 2. The molecule has 0 aromatic heterocycles. The lowest BCUT2D eigenvalue weighted by atomic mass is 10.1. The molecule has 3 rings (SSSR count). The van der Waals surface area contributed by atoms with Gasteiger partial charge in [0, 0.05) is 6.54 Å². The minimum Gasteiger partial charge on any atom is -0.493 e. The van der Waals surface area contributed by atoms with E-state index in [1.54, 1.807) is 7.11 Å². The summed E-state index contributed by atoms with van der Waals surface area (Å²) in [6.45, 7) is 4.15. The summed E-state index contributed by atoms with van der Waals surface area (Å²) < 4.78 is 11.5. The molecule has 0 spiro atoms. The van der Waals surface area contributed by atoms with Gasteiger partial charge in [-0.25, -0.2) is 0 Å². The average Bonchev–Trinajstić information content (AvgIpc) is 2.72. The lowest BCUT2D eigenvalue weighted by Crippen LogP contribution is -2.16. The topological polar surface area (TPSA) is 30.5 Å². The smallest absolute Gasteiger partial charge is 0.180 e. The maximum Gasteiger partial charge on any atom is 0.180 e. The fourth-order valence-corrected chi connectivity index (χ4v) is 3.34. The number of rotatable bonds is 9. The number of halogens is 1. The lowest BCUT2D eigenvalue weighted by molar-refractivity contribution is 0.284. The summed E-state index contributed by atoms with van der Waals surface area (Å²) in [5.74, 6) is 1.24. The standard InChI is InChI=1S/C24H26ClNO2/c1-18-8-6-7-11-21(18)17-28-24-22(25)14-20(15-23(24)27-2)16-26-13-12-19-9-4-3-5-10-19/h3-11,14-15,26H,12-13,16-17H2,1-2H3. The molecule has 3 aromatic rings. The van der Waals surface area contributed by atoms with Crippen LogP contribution in [-0.4, -0.2) is 13.7 Å². The largest absolute Gasteiger partial charge is 0.493 e. The number of nitrogens with one attached hydrogen (secondary N) is 1. The number of hydrogen-bond donors (Lipinski definition) is 1. The van der Waals surface area contributed by atoms with Gasteiger partial charge in [0.1, 0.15) is 6.61 Å². The van der Waals surface area contributed by atoms with Crippen molar-refractivity contribution in [3.05, 3.63) is 94.0 Å². The van der Waals surface area contributed by atoms with E-state index in [1.807, 2.05) is 30.3 Å². The van der Waals surface area contributed by atoms with E-state index in [1.165, 1.54) is 11.1 Å². The van der Waals surface area contributed by atoms with Gasteiger partial charge in [-0.3, -0.25) is 0 Å². The molecule has 0 heterocycles. The van der Waals surface area contributed by atoms with Crippen LogP contribution in [0.3, 0.4) is 0 Å². The number of methoxy groups -OCH3 is 1. The molecule has 0 fully saturated rings. The van der Waals surface area contributed by atoms with Crippen LogP contribution in [0, 0.1) is 6.92 Å². The van der Waals surface area contributed by atoms with E-state index >= 15 is 0 Å². The monoisotopic (exact) mass is 395 g/mol. The minimum absolute atomic E-state index is 0.456. The maximum absolute atomic E-state index is 6.50. The first-order chi connectivity index (χ1) is 13.7. The zero-order valence-electron chi connectivity index (χ0n) is 16.4. The zero-order chi connectivity index (χ0) is 19.8. The van der Waals surface area contributed by atoms with Gasteiger partial charge in [0.15, 0.2) is 11.5 Å². The van der Waals surface area contributed by atoms with Crippen LogP contribution in [0.15, 0.2) is 66.7 Å². The fourth-order valence-electron chi connectivity index (χ4n) is 3.05. The molecule has 1 N–H and O–H groups in total. The Hall–Kier alpha value is -2.49. The average molecular weight is 396 g/mol. The molecule has 0 amide bonds. The van der Waals surface area contributed by atoms with Crippen molar-refractivity contribution in [3.63, 3.8) is 0 Å². The molecule has 3 aromatic carbocycles. The quantitative estimate of drug-likeness (QED) is 0.480. The van der Waals surface area contributed by atoms with E-state index in [0.717, 1.165) is 30.6 Å². The van der Waals surface area contributed by atoms with Gasteiger partial charge in [0.2, 0.25) is 0 Å². The highest BCUT2D eigenvalue weighted by Gasteiger charge is 2.13. The second-order valence-electron chi connectivity index (χ2n) is 6.74. The predicted octanol–water partition coefficient (Wildman–Crippen LogP) is 5.57. The highest BCUT2D eigenvalue weighted by molar-refractivity contribution is 6.32. The van der Waals surface area contributed by atoms with Crippen molar-refractivity contribution in [2.45, 2.75) is 26.5 Å². The molecular weight excluding hydrogens is 370 g/mol. The fraction of sp³-hybridized carbons (Fsp3) is 0.250. The Balaban J connectivity index is 1.60. The van der Waals surface area contributed by atoms with E-state index < -0.39 is 0 Å². The summed E-state index contributed by atoms with van der Waals surface area (Å²) in [6.07, 6.45) is 0.989. The van der Waals surface area contributed by atoms with E-state index in [2.05, 4.69) is 48.6 Å². The van der Waals surface area contributed by atoms with Gasteiger partial charge in [0.05, 0.1) is 12.1 Å². The molecule has 0 atom stereocenters. The van der Waals surface area contributed by atoms with Crippen molar-refractivity contribution >= 4 is 11.6 Å². The van der Waals surface area contributed by atoms with E-state index in [4.69, 9.17) is 21.1 Å². The van der Waals surface area contributed by atoms with Crippen LogP contribution in [0.4, 0.5) is 0 Å². The van der Waals surface area contributed by atoms with Crippen molar-refractivity contribution in [1.29, 1.82) is 0 Å². The normalized spacial score (nSPS) is 10.7. The third-order valence-corrected chi connectivity index (χ3v) is 4.97. The molecule has 28 heavy (non-hydrogen) atoms. The Morgan fingerprint density at radius 2 is 1.68 bits per heavy atom. The summed E-state index contributed by atoms with van der Waals surface area (Å²) in [5.41, 5.74) is 4.72. The first kappa shape index (κ1) is 20.2. The van der Waals surface area contributed by atoms with E-state index in [0.29, 0.717) is 23.1 Å². The zero-order valence-corrected chi connectivity index (χ0v) is 17.1. The molecule has 0 radical (unpaired) electrons. The van der Waals surface area contributed by atoms with Crippen LogP contribution < -0.4 is 14.8 Å². The summed E-state index contributed by atoms with van der Waals surface area (Å²) >= 11 is 6.50. The van der Waals surface area contributed by atoms with Gasteiger partial charge < -0.3 is 14.8 Å². The van der Waals surface area contributed by atoms with Gasteiger partial charge in [-0.05, 0) is 54.3 Å². The highest BCUT2D eigenvalue weighted by Crippen LogP contribution is 2.37. The van der Waals surface area contributed by atoms with Crippen molar-refractivity contribution in [2.75, 3.05) is 13.7 Å². The molecule has 0 saturated heterocycles. The molecule has 4 heteroatoms. The highest BCUT2D eigenvalue weighted by atomic mass is 35.5. The first-order valence-electron chi connectivity index (χ1n) is 9.45. The van der Waals surface area contributed by atoms with Gasteiger partial charge in [0.25, 0.3) is 0 Å². The van der Waals surface area contributed by atoms with Crippen LogP contribution in [0.5, 0.6) is 11.5 Å². The van der Waals surface area contributed by atoms with Gasteiger partial charge in [-0.15, -0.1) is 0 Å². The van der Waals surface area contributed by atoms with Crippen LogP contribution in [0.2, 0.25) is 5.02 Å². The minimum atomic E-state index is 0.456. The predicted molar refractivity (Wildman–Crippen MR) is 115 cm³/mol. The lowest BCUT2D eigenvalue weighted by Gasteiger charge is -2.15. The summed E-state index contributed by atoms with van der Waals surface area (Å²) in [4.78, 5) is 0. The summed E-state index contributed by atoms with van der Waals surface area (Å²) in [6, 6.07) is 22.5. The van der Waals surface area contributed by atoms with Crippen molar-refractivity contribution < 1.29 is 9.47 Å². The Kier molecular flexibility index (Phi) is 7.35. The molecule has 0 aliphatic heterocycles. The molecule has 3 nitrogen and oxygen atoms in total. The van der Waals surface area contributed by atoms with E-state index in [-0.39, 0.29) is 0 Å². The van der Waals surface area contributed by atoms with E-state index in [9.17, 15) is 0 Å². The molecule has 0 aliphatic rings. The Bertz CT molecular complexity index is 896. The van der Waals surface area contributed by atoms with Crippen LogP contribution in [0.1, 0.15) is 22.3 Å². The van der Waals surface area contributed by atoms with Crippen molar-refractivity contribution in [1.82, 2.24) is 5.32 Å². The van der Waals surface area contributed by atoms with Gasteiger partial charge in [-0.2, -0.15) is 0 Å². The van der Waals surface area contributed by atoms with Crippen molar-refractivity contribution in [3.8, 4) is 11.5 Å². The first-order valence-corrected chi connectivity index (χ1v) is 9.83. The molecule has 0 aliphatic carbocycles. The maximum atomic E-state index is 6.50.